The summed E-state index contributed by atoms with van der Waals surface area (Å²) in [6, 6.07) is 10.7. The first-order chi connectivity index (χ1) is 9.60. The number of carbonyl (C=O) groups is 1. The normalized spacial score (nSPS) is 10.3. The van der Waals surface area contributed by atoms with Gasteiger partial charge in [-0.05, 0) is 35.9 Å². The van der Waals surface area contributed by atoms with E-state index < -0.39 is 11.6 Å². The minimum absolute atomic E-state index is 0.357. The van der Waals surface area contributed by atoms with Crippen LogP contribution in [-0.2, 0) is 5.75 Å². The van der Waals surface area contributed by atoms with Crippen LogP contribution in [-0.4, -0.2) is 5.91 Å². The standard InChI is InChI=1S/C14H12F2N2OS/c15-12-6-5-11(7-13(12)16)20-8-9-1-3-10(4-2-9)14(19)18-17/h1-7H,8,17H2,(H,18,19). The molecule has 6 heteroatoms. The number of nitrogen functional groups attached to an aromatic ring is 1. The lowest BCUT2D eigenvalue weighted by atomic mass is 10.1. The first-order valence-corrected chi connectivity index (χ1v) is 6.76. The highest BCUT2D eigenvalue weighted by atomic mass is 32.2. The van der Waals surface area contributed by atoms with E-state index >= 15 is 0 Å². The lowest BCUT2D eigenvalue weighted by Gasteiger charge is -2.04. The van der Waals surface area contributed by atoms with E-state index in [2.05, 4.69) is 0 Å². The molecule has 0 fully saturated rings. The summed E-state index contributed by atoms with van der Waals surface area (Å²) in [5.41, 5.74) is 3.48. The summed E-state index contributed by atoms with van der Waals surface area (Å²) in [6.07, 6.45) is 0. The van der Waals surface area contributed by atoms with E-state index in [4.69, 9.17) is 5.84 Å². The Labute approximate surface area is 119 Å². The van der Waals surface area contributed by atoms with Crippen LogP contribution in [0.3, 0.4) is 0 Å². The van der Waals surface area contributed by atoms with Crippen molar-refractivity contribution in [2.75, 3.05) is 0 Å². The molecule has 0 saturated carbocycles. The molecule has 0 aliphatic carbocycles. The van der Waals surface area contributed by atoms with E-state index in [-0.39, 0.29) is 5.91 Å². The van der Waals surface area contributed by atoms with Gasteiger partial charge in [-0.1, -0.05) is 12.1 Å². The minimum Gasteiger partial charge on any atom is -0.290 e. The van der Waals surface area contributed by atoms with Crippen LogP contribution in [0.5, 0.6) is 0 Å². The third-order valence-electron chi connectivity index (χ3n) is 2.64. The van der Waals surface area contributed by atoms with Crippen molar-refractivity contribution in [2.24, 2.45) is 5.84 Å². The molecule has 0 saturated heterocycles. The largest absolute Gasteiger partial charge is 0.290 e. The zero-order valence-electron chi connectivity index (χ0n) is 10.4. The molecule has 2 aromatic carbocycles. The van der Waals surface area contributed by atoms with Crippen molar-refractivity contribution in [1.29, 1.82) is 0 Å². The molecule has 0 spiro atoms. The quantitative estimate of drug-likeness (QED) is 0.394. The number of rotatable bonds is 4. The zero-order chi connectivity index (χ0) is 14.5. The summed E-state index contributed by atoms with van der Waals surface area (Å²) in [5.74, 6) is 3.56. The molecule has 1 amide bonds. The van der Waals surface area contributed by atoms with Crippen LogP contribution in [0, 0.1) is 11.6 Å². The Hall–Kier alpha value is -1.92. The number of amides is 1. The molecule has 2 rings (SSSR count). The Morgan fingerprint density at radius 1 is 1.10 bits per heavy atom. The molecule has 2 aromatic rings. The van der Waals surface area contributed by atoms with Crippen LogP contribution in [0.25, 0.3) is 0 Å². The molecule has 0 aliphatic rings. The molecule has 104 valence electrons. The van der Waals surface area contributed by atoms with Gasteiger partial charge in [0.1, 0.15) is 0 Å². The number of nitrogens with two attached hydrogens (primary N) is 1. The highest BCUT2D eigenvalue weighted by molar-refractivity contribution is 7.98. The third-order valence-corrected chi connectivity index (χ3v) is 3.71. The van der Waals surface area contributed by atoms with E-state index in [0.717, 1.165) is 17.7 Å². The second-order valence-corrected chi connectivity index (χ2v) is 5.08. The van der Waals surface area contributed by atoms with Gasteiger partial charge in [-0.3, -0.25) is 10.2 Å². The number of hydrogen-bond acceptors (Lipinski definition) is 3. The number of carbonyl (C=O) groups excluding carboxylic acids is 1. The van der Waals surface area contributed by atoms with Crippen LogP contribution in [0.1, 0.15) is 15.9 Å². The molecule has 0 heterocycles. The monoisotopic (exact) mass is 294 g/mol. The molecule has 0 bridgehead atoms. The van der Waals surface area contributed by atoms with Gasteiger partial charge < -0.3 is 0 Å². The Morgan fingerprint density at radius 3 is 2.40 bits per heavy atom. The lowest BCUT2D eigenvalue weighted by molar-refractivity contribution is 0.0953. The van der Waals surface area contributed by atoms with Crippen LogP contribution < -0.4 is 11.3 Å². The maximum atomic E-state index is 13.0. The molecule has 3 N–H and O–H groups in total. The molecule has 0 atom stereocenters. The van der Waals surface area contributed by atoms with Crippen molar-refractivity contribution in [3.8, 4) is 0 Å². The molecule has 3 nitrogen and oxygen atoms in total. The first-order valence-electron chi connectivity index (χ1n) is 5.78. The highest BCUT2D eigenvalue weighted by Crippen LogP contribution is 2.24. The fourth-order valence-corrected chi connectivity index (χ4v) is 2.45. The maximum absolute atomic E-state index is 13.0. The number of hydrazine groups is 1. The highest BCUT2D eigenvalue weighted by Gasteiger charge is 2.05. The first kappa shape index (κ1) is 14.5. The summed E-state index contributed by atoms with van der Waals surface area (Å²) in [4.78, 5) is 11.9. The SMILES string of the molecule is NNC(=O)c1ccc(CSc2ccc(F)c(F)c2)cc1. The van der Waals surface area contributed by atoms with E-state index in [0.29, 0.717) is 16.2 Å². The van der Waals surface area contributed by atoms with Gasteiger partial charge in [-0.15, -0.1) is 11.8 Å². The summed E-state index contributed by atoms with van der Waals surface area (Å²) in [5, 5.41) is 0. The summed E-state index contributed by atoms with van der Waals surface area (Å²) in [7, 11) is 0. The average Bonchev–Trinajstić information content (AvgIpc) is 2.48. The summed E-state index contributed by atoms with van der Waals surface area (Å²) < 4.78 is 25.8. The van der Waals surface area contributed by atoms with E-state index in [1.807, 2.05) is 5.43 Å². The second kappa shape index (κ2) is 6.49. The van der Waals surface area contributed by atoms with E-state index in [9.17, 15) is 13.6 Å². The van der Waals surface area contributed by atoms with E-state index in [1.165, 1.54) is 17.8 Å². The van der Waals surface area contributed by atoms with Gasteiger partial charge in [-0.2, -0.15) is 0 Å². The minimum atomic E-state index is -0.857. The fourth-order valence-electron chi connectivity index (χ4n) is 1.57. The number of halogens is 2. The van der Waals surface area contributed by atoms with Crippen LogP contribution in [0.15, 0.2) is 47.4 Å². The van der Waals surface area contributed by atoms with Crippen molar-refractivity contribution in [3.63, 3.8) is 0 Å². The summed E-state index contributed by atoms with van der Waals surface area (Å²) >= 11 is 1.38. The van der Waals surface area contributed by atoms with Gasteiger partial charge in [-0.25, -0.2) is 14.6 Å². The Bertz CT molecular complexity index is 617. The Balaban J connectivity index is 2.00. The number of benzene rings is 2. The van der Waals surface area contributed by atoms with Crippen molar-refractivity contribution < 1.29 is 13.6 Å². The maximum Gasteiger partial charge on any atom is 0.265 e. The van der Waals surface area contributed by atoms with Crippen molar-refractivity contribution in [3.05, 3.63) is 65.2 Å². The van der Waals surface area contributed by atoms with Crippen LogP contribution in [0.2, 0.25) is 0 Å². The number of hydrogen-bond donors (Lipinski definition) is 2. The van der Waals surface area contributed by atoms with Crippen LogP contribution >= 0.6 is 11.8 Å². The molecule has 20 heavy (non-hydrogen) atoms. The van der Waals surface area contributed by atoms with Gasteiger partial charge in [0.25, 0.3) is 5.91 Å². The fraction of sp³-hybridized carbons (Fsp3) is 0.0714. The predicted octanol–water partition coefficient (Wildman–Crippen LogP) is 2.86. The smallest absolute Gasteiger partial charge is 0.265 e. The van der Waals surface area contributed by atoms with Gasteiger partial charge in [0, 0.05) is 16.2 Å². The van der Waals surface area contributed by atoms with Gasteiger partial charge >= 0.3 is 0 Å². The van der Waals surface area contributed by atoms with Crippen molar-refractivity contribution >= 4 is 17.7 Å². The van der Waals surface area contributed by atoms with Gasteiger partial charge in [0.15, 0.2) is 11.6 Å². The number of nitrogens with one attached hydrogen (secondary N) is 1. The topological polar surface area (TPSA) is 55.1 Å². The average molecular weight is 294 g/mol. The van der Waals surface area contributed by atoms with E-state index in [1.54, 1.807) is 24.3 Å². The number of thioether (sulfide) groups is 1. The second-order valence-electron chi connectivity index (χ2n) is 4.03. The Morgan fingerprint density at radius 2 is 1.80 bits per heavy atom. The lowest BCUT2D eigenvalue weighted by Crippen LogP contribution is -2.29. The molecule has 0 unspecified atom stereocenters. The molecule has 0 radical (unpaired) electrons. The van der Waals surface area contributed by atoms with Crippen LogP contribution in [0.4, 0.5) is 8.78 Å². The molecular weight excluding hydrogens is 282 g/mol. The molecule has 0 aliphatic heterocycles. The summed E-state index contributed by atoms with van der Waals surface area (Å²) in [6.45, 7) is 0. The third kappa shape index (κ3) is 3.55. The van der Waals surface area contributed by atoms with Gasteiger partial charge in [0.05, 0.1) is 0 Å². The van der Waals surface area contributed by atoms with Crippen molar-refractivity contribution in [2.45, 2.75) is 10.6 Å². The Kier molecular flexibility index (Phi) is 4.70. The molecule has 0 aromatic heterocycles. The predicted molar refractivity (Wildman–Crippen MR) is 74.0 cm³/mol. The van der Waals surface area contributed by atoms with Gasteiger partial charge in [0.2, 0.25) is 0 Å². The molecular formula is C14H12F2N2OS. The van der Waals surface area contributed by atoms with Crippen molar-refractivity contribution in [1.82, 2.24) is 5.43 Å². The zero-order valence-corrected chi connectivity index (χ0v) is 11.2.